The van der Waals surface area contributed by atoms with Gasteiger partial charge in [0.05, 0.1) is 5.38 Å². The third-order valence-corrected chi connectivity index (χ3v) is 4.66. The van der Waals surface area contributed by atoms with Gasteiger partial charge in [0.1, 0.15) is 13.7 Å². The van der Waals surface area contributed by atoms with Gasteiger partial charge in [-0.05, 0) is 18.2 Å². The molecule has 0 unspecified atom stereocenters. The van der Waals surface area contributed by atoms with Gasteiger partial charge < -0.3 is 4.42 Å². The maximum absolute atomic E-state index is 5.85. The molecule has 1 heterocycles. The van der Waals surface area contributed by atoms with E-state index in [1.54, 1.807) is 0 Å². The van der Waals surface area contributed by atoms with Crippen molar-refractivity contribution >= 4 is 40.4 Å². The highest BCUT2D eigenvalue weighted by Crippen LogP contribution is 2.24. The molecule has 1 aromatic heterocycles. The summed E-state index contributed by atoms with van der Waals surface area (Å²) in [6.45, 7) is 6.87. The largest absolute Gasteiger partial charge is 0.466 e. The van der Waals surface area contributed by atoms with Crippen molar-refractivity contribution in [2.45, 2.75) is 19.6 Å². The zero-order chi connectivity index (χ0) is 10.3. The van der Waals surface area contributed by atoms with E-state index in [0.29, 0.717) is 0 Å². The van der Waals surface area contributed by atoms with Gasteiger partial charge in [-0.2, -0.15) is 0 Å². The lowest BCUT2D eigenvalue weighted by Gasteiger charge is -2.10. The molecule has 0 aliphatic heterocycles. The smallest absolute Gasteiger partial charge is 0.134 e. The molecule has 0 spiro atoms. The number of benzene rings is 1. The minimum absolute atomic E-state index is 0.983. The van der Waals surface area contributed by atoms with Crippen LogP contribution in [0.2, 0.25) is 19.6 Å². The van der Waals surface area contributed by atoms with E-state index in [4.69, 9.17) is 4.42 Å². The molecule has 0 atom stereocenters. The molecule has 2 rings (SSSR count). The highest BCUT2D eigenvalue weighted by atomic mass is 79.9. The van der Waals surface area contributed by atoms with Crippen LogP contribution >= 0.6 is 15.9 Å². The Labute approximate surface area is 93.3 Å². The Hall–Kier alpha value is -0.543. The van der Waals surface area contributed by atoms with Gasteiger partial charge in [0, 0.05) is 9.86 Å². The molecule has 0 radical (unpaired) electrons. The fraction of sp³-hybridized carbons (Fsp3) is 0.273. The van der Waals surface area contributed by atoms with Gasteiger partial charge >= 0.3 is 0 Å². The molecule has 1 aromatic carbocycles. The number of fused-ring (bicyclic) bond motifs is 1. The Morgan fingerprint density at radius 1 is 1.21 bits per heavy atom. The number of rotatable bonds is 1. The van der Waals surface area contributed by atoms with Crippen molar-refractivity contribution in [1.82, 2.24) is 0 Å². The molecule has 3 heteroatoms. The average molecular weight is 269 g/mol. The van der Waals surface area contributed by atoms with E-state index < -0.39 is 8.07 Å². The molecule has 1 nitrogen and oxygen atoms in total. The molecule has 0 N–H and O–H groups in total. The van der Waals surface area contributed by atoms with E-state index in [9.17, 15) is 0 Å². The molecular formula is C11H13BrOSi. The lowest BCUT2D eigenvalue weighted by Crippen LogP contribution is -2.36. The second-order valence-corrected chi connectivity index (χ2v) is 10.4. The van der Waals surface area contributed by atoms with Crippen molar-refractivity contribution in [1.29, 1.82) is 0 Å². The number of hydrogen-bond acceptors (Lipinski definition) is 1. The second-order valence-electron chi connectivity index (χ2n) is 4.51. The highest BCUT2D eigenvalue weighted by Gasteiger charge is 2.21. The lowest BCUT2D eigenvalue weighted by molar-refractivity contribution is 0.648. The van der Waals surface area contributed by atoms with Crippen molar-refractivity contribution in [3.63, 3.8) is 0 Å². The van der Waals surface area contributed by atoms with Crippen molar-refractivity contribution in [3.05, 3.63) is 28.7 Å². The quantitative estimate of drug-likeness (QED) is 0.719. The predicted molar refractivity (Wildman–Crippen MR) is 66.9 cm³/mol. The topological polar surface area (TPSA) is 13.1 Å². The molecule has 0 aliphatic carbocycles. The van der Waals surface area contributed by atoms with Gasteiger partial charge in [-0.3, -0.25) is 0 Å². The lowest BCUT2D eigenvalue weighted by atomic mass is 10.3. The van der Waals surface area contributed by atoms with Gasteiger partial charge in [0.2, 0.25) is 0 Å². The Kier molecular flexibility index (Phi) is 2.31. The first-order valence-electron chi connectivity index (χ1n) is 4.67. The number of hydrogen-bond donors (Lipinski definition) is 0. The molecule has 0 aliphatic rings. The first-order valence-corrected chi connectivity index (χ1v) is 8.96. The van der Waals surface area contributed by atoms with Crippen LogP contribution in [0.4, 0.5) is 0 Å². The Morgan fingerprint density at radius 2 is 1.93 bits per heavy atom. The third kappa shape index (κ3) is 1.66. The van der Waals surface area contributed by atoms with E-state index in [1.807, 2.05) is 18.2 Å². The van der Waals surface area contributed by atoms with Crippen molar-refractivity contribution in [3.8, 4) is 0 Å². The summed E-state index contributed by atoms with van der Waals surface area (Å²) in [7, 11) is -1.33. The van der Waals surface area contributed by atoms with Crippen LogP contribution in [0.15, 0.2) is 33.2 Å². The Bertz CT molecular complexity index is 468. The van der Waals surface area contributed by atoms with Crippen molar-refractivity contribution < 1.29 is 4.42 Å². The van der Waals surface area contributed by atoms with Crippen molar-refractivity contribution in [2.75, 3.05) is 0 Å². The SMILES string of the molecule is C[Si](C)(C)c1cc2c(Br)cccc2o1. The minimum Gasteiger partial charge on any atom is -0.466 e. The number of halogens is 1. The van der Waals surface area contributed by atoms with Crippen LogP contribution in [0, 0.1) is 0 Å². The summed E-state index contributed by atoms with van der Waals surface area (Å²) in [6.07, 6.45) is 0. The summed E-state index contributed by atoms with van der Waals surface area (Å²) in [5, 5.41) is 2.35. The van der Waals surface area contributed by atoms with Gasteiger partial charge in [-0.15, -0.1) is 0 Å². The molecule has 0 saturated heterocycles. The molecular weight excluding hydrogens is 256 g/mol. The summed E-state index contributed by atoms with van der Waals surface area (Å²) in [6, 6.07) is 8.24. The van der Waals surface area contributed by atoms with Gasteiger partial charge in [0.25, 0.3) is 0 Å². The fourth-order valence-electron chi connectivity index (χ4n) is 1.39. The van der Waals surface area contributed by atoms with Crippen LogP contribution in [0.25, 0.3) is 11.0 Å². The Morgan fingerprint density at radius 3 is 2.50 bits per heavy atom. The second kappa shape index (κ2) is 3.24. The standard InChI is InChI=1S/C11H13BrOSi/c1-14(2,3)11-7-8-9(12)5-4-6-10(8)13-11/h4-7H,1-3H3. The summed E-state index contributed by atoms with van der Waals surface area (Å²) in [5.74, 6) is 0. The monoisotopic (exact) mass is 268 g/mol. The molecule has 0 amide bonds. The van der Waals surface area contributed by atoms with Gasteiger partial charge in [0.15, 0.2) is 0 Å². The molecule has 0 fully saturated rings. The van der Waals surface area contributed by atoms with Crippen LogP contribution in [0.3, 0.4) is 0 Å². The average Bonchev–Trinajstić information content (AvgIpc) is 2.48. The summed E-state index contributed by atoms with van der Waals surface area (Å²) in [5.41, 5.74) is 0.983. The maximum atomic E-state index is 5.85. The van der Waals surface area contributed by atoms with Crippen LogP contribution in [0.5, 0.6) is 0 Å². The zero-order valence-electron chi connectivity index (χ0n) is 8.60. The maximum Gasteiger partial charge on any atom is 0.134 e. The van der Waals surface area contributed by atoms with E-state index >= 15 is 0 Å². The molecule has 2 aromatic rings. The molecule has 0 saturated carbocycles. The Balaban J connectivity index is 2.69. The van der Waals surface area contributed by atoms with Crippen molar-refractivity contribution in [2.24, 2.45) is 0 Å². The molecule has 74 valence electrons. The van der Waals surface area contributed by atoms with Crippen LogP contribution in [-0.4, -0.2) is 8.07 Å². The third-order valence-electron chi connectivity index (χ3n) is 2.25. The van der Waals surface area contributed by atoms with E-state index in [0.717, 1.165) is 10.1 Å². The highest BCUT2D eigenvalue weighted by molar-refractivity contribution is 9.10. The van der Waals surface area contributed by atoms with Crippen LogP contribution in [-0.2, 0) is 0 Å². The molecule has 14 heavy (non-hydrogen) atoms. The fourth-order valence-corrected chi connectivity index (χ4v) is 2.85. The van der Waals surface area contributed by atoms with E-state index in [-0.39, 0.29) is 0 Å². The predicted octanol–water partition coefficient (Wildman–Crippen LogP) is 3.74. The number of furan rings is 1. The summed E-state index contributed by atoms with van der Waals surface area (Å²) in [4.78, 5) is 0. The first kappa shape index (κ1) is 9.99. The normalized spacial score (nSPS) is 12.3. The van der Waals surface area contributed by atoms with Crippen LogP contribution < -0.4 is 5.38 Å². The summed E-state index contributed by atoms with van der Waals surface area (Å²) < 4.78 is 6.96. The zero-order valence-corrected chi connectivity index (χ0v) is 11.2. The summed E-state index contributed by atoms with van der Waals surface area (Å²) >= 11 is 3.53. The van der Waals surface area contributed by atoms with E-state index in [1.165, 1.54) is 10.8 Å². The molecule has 0 bridgehead atoms. The van der Waals surface area contributed by atoms with Gasteiger partial charge in [-0.25, -0.2) is 0 Å². The van der Waals surface area contributed by atoms with Crippen LogP contribution in [0.1, 0.15) is 0 Å². The van der Waals surface area contributed by atoms with E-state index in [2.05, 4.69) is 41.6 Å². The minimum atomic E-state index is -1.33. The van der Waals surface area contributed by atoms with Gasteiger partial charge in [-0.1, -0.05) is 41.6 Å². The first-order chi connectivity index (χ1) is 6.48.